The van der Waals surface area contributed by atoms with Gasteiger partial charge in [0.1, 0.15) is 19.3 Å². The van der Waals surface area contributed by atoms with Crippen molar-refractivity contribution in [3.63, 3.8) is 0 Å². The van der Waals surface area contributed by atoms with Gasteiger partial charge in [-0.25, -0.2) is 9.13 Å². The quantitative estimate of drug-likeness (QED) is 0.0169. The molecule has 0 fully saturated rings. The summed E-state index contributed by atoms with van der Waals surface area (Å²) in [6.07, 6.45) is 70.5. The van der Waals surface area contributed by atoms with E-state index in [2.05, 4.69) is 88.5 Å². The number of phosphoric acid groups is 2. The van der Waals surface area contributed by atoms with Crippen molar-refractivity contribution in [3.8, 4) is 0 Å². The van der Waals surface area contributed by atoms with Crippen LogP contribution in [0.3, 0.4) is 0 Å². The number of allylic oxidation sites excluding steroid dienone is 10. The average molecular weight is 1430 g/mol. The topological polar surface area (TPSA) is 237 Å². The lowest BCUT2D eigenvalue weighted by Crippen LogP contribution is -2.30. The van der Waals surface area contributed by atoms with Gasteiger partial charge in [0.25, 0.3) is 0 Å². The number of hydrogen-bond acceptors (Lipinski definition) is 15. The number of carbonyl (C=O) groups excluding carboxylic acids is 4. The second kappa shape index (κ2) is 72.1. The molecule has 0 rings (SSSR count). The van der Waals surface area contributed by atoms with Gasteiger partial charge in [-0.1, -0.05) is 262 Å². The Kier molecular flexibility index (Phi) is 69.7. The molecule has 0 aliphatic heterocycles. The zero-order valence-corrected chi connectivity index (χ0v) is 64.3. The van der Waals surface area contributed by atoms with Gasteiger partial charge in [0.2, 0.25) is 0 Å². The van der Waals surface area contributed by atoms with E-state index in [-0.39, 0.29) is 25.7 Å². The Morgan fingerprint density at radius 1 is 0.286 bits per heavy atom. The number of carbonyl (C=O) groups is 4. The minimum Gasteiger partial charge on any atom is -0.462 e. The van der Waals surface area contributed by atoms with Gasteiger partial charge < -0.3 is 33.8 Å². The summed E-state index contributed by atoms with van der Waals surface area (Å²) in [4.78, 5) is 72.9. The number of unbranched alkanes of at least 4 members (excludes halogenated alkanes) is 39. The van der Waals surface area contributed by atoms with Gasteiger partial charge in [0.05, 0.1) is 26.4 Å². The average Bonchev–Trinajstić information content (AvgIpc) is 1.04. The van der Waals surface area contributed by atoms with E-state index in [4.69, 9.17) is 37.0 Å². The molecule has 0 saturated heterocycles. The number of hydrogen-bond donors (Lipinski definition) is 3. The molecule has 2 unspecified atom stereocenters. The SMILES string of the molecule is CCCCC/C=C\C/C=C\CCCCCCCC(=O)O[C@H](COC(=O)CCCCCCC/C=C\CCCCCCCC)COP(=O)(O)OC[C@@H](O)COP(=O)(O)OC[C@@H](COC(=O)CCCCCCC/C=C\CCCCCC)OC(=O)CCCCCCCCC/C=C\CCCCCC. The predicted octanol–water partition coefficient (Wildman–Crippen LogP) is 22.7. The summed E-state index contributed by atoms with van der Waals surface area (Å²) in [5, 5.41) is 10.6. The lowest BCUT2D eigenvalue weighted by molar-refractivity contribution is -0.161. The summed E-state index contributed by atoms with van der Waals surface area (Å²) in [7, 11) is -9.95. The Bertz CT molecular complexity index is 2100. The third kappa shape index (κ3) is 71.2. The third-order valence-electron chi connectivity index (χ3n) is 16.9. The van der Waals surface area contributed by atoms with Crippen molar-refractivity contribution >= 4 is 39.5 Å². The fourth-order valence-electron chi connectivity index (χ4n) is 10.8. The molecule has 17 nitrogen and oxygen atoms in total. The molecule has 0 radical (unpaired) electrons. The largest absolute Gasteiger partial charge is 0.472 e. The molecule has 0 spiro atoms. The lowest BCUT2D eigenvalue weighted by Gasteiger charge is -2.21. The second-order valence-corrected chi connectivity index (χ2v) is 29.5. The first-order valence-electron chi connectivity index (χ1n) is 39.5. The van der Waals surface area contributed by atoms with E-state index in [9.17, 15) is 43.2 Å². The van der Waals surface area contributed by atoms with Crippen LogP contribution in [-0.4, -0.2) is 96.7 Å². The summed E-state index contributed by atoms with van der Waals surface area (Å²) in [5.41, 5.74) is 0. The highest BCUT2D eigenvalue weighted by atomic mass is 31.2. The molecule has 19 heteroatoms. The molecular formula is C79H144O17P2. The van der Waals surface area contributed by atoms with Crippen molar-refractivity contribution < 1.29 is 80.2 Å². The molecule has 98 heavy (non-hydrogen) atoms. The van der Waals surface area contributed by atoms with E-state index in [1.807, 2.05) is 0 Å². The van der Waals surface area contributed by atoms with Crippen LogP contribution in [0.2, 0.25) is 0 Å². The number of aliphatic hydroxyl groups is 1. The van der Waals surface area contributed by atoms with E-state index in [0.717, 1.165) is 173 Å². The van der Waals surface area contributed by atoms with Crippen molar-refractivity contribution in [2.24, 2.45) is 0 Å². The highest BCUT2D eigenvalue weighted by molar-refractivity contribution is 7.47. The van der Waals surface area contributed by atoms with Gasteiger partial charge in [0, 0.05) is 25.7 Å². The van der Waals surface area contributed by atoms with Crippen molar-refractivity contribution in [2.75, 3.05) is 39.6 Å². The number of phosphoric ester groups is 2. The minimum atomic E-state index is -4.97. The molecular weight excluding hydrogens is 1280 g/mol. The molecule has 572 valence electrons. The van der Waals surface area contributed by atoms with E-state index in [0.29, 0.717) is 25.7 Å². The molecule has 5 atom stereocenters. The fourth-order valence-corrected chi connectivity index (χ4v) is 12.4. The maximum absolute atomic E-state index is 13.1. The molecule has 0 amide bonds. The van der Waals surface area contributed by atoms with Crippen molar-refractivity contribution in [1.82, 2.24) is 0 Å². The van der Waals surface area contributed by atoms with Crippen LogP contribution in [0.4, 0.5) is 0 Å². The summed E-state index contributed by atoms with van der Waals surface area (Å²) >= 11 is 0. The molecule has 0 heterocycles. The molecule has 3 N–H and O–H groups in total. The molecule has 0 aliphatic carbocycles. The van der Waals surface area contributed by atoms with Gasteiger partial charge in [-0.05, 0) is 135 Å². The van der Waals surface area contributed by atoms with E-state index >= 15 is 0 Å². The van der Waals surface area contributed by atoms with Crippen LogP contribution in [0.1, 0.15) is 362 Å². The van der Waals surface area contributed by atoms with Crippen molar-refractivity contribution in [2.45, 2.75) is 380 Å². The Hall–Kier alpha value is -3.24. The summed E-state index contributed by atoms with van der Waals surface area (Å²) in [6, 6.07) is 0. The predicted molar refractivity (Wildman–Crippen MR) is 400 cm³/mol. The number of aliphatic hydroxyl groups excluding tert-OH is 1. The van der Waals surface area contributed by atoms with Gasteiger partial charge in [0.15, 0.2) is 12.2 Å². The smallest absolute Gasteiger partial charge is 0.462 e. The first kappa shape index (κ1) is 94.8. The molecule has 0 bridgehead atoms. The van der Waals surface area contributed by atoms with Gasteiger partial charge >= 0.3 is 39.5 Å². The second-order valence-electron chi connectivity index (χ2n) is 26.6. The standard InChI is InChI=1S/C79H144O17P2/c1-5-9-13-17-21-25-29-33-36-40-44-48-52-56-60-64-77(82)90-70-75(96-79(84)66-62-58-54-50-46-42-38-35-31-27-23-19-15-11-7-3)72-94-98(87,88)92-68-73(80)67-91-97(85,86)93-71-74(69-89-76(81)63-59-55-51-47-43-39-32-28-24-20-16-12-8-4)95-78(83)65-61-57-53-49-45-41-37-34-30-26-22-18-14-10-6-2/h23,26-28,30,32-33,35-36,38,73-75,80H,5-22,24-25,29,31,34,37,39-72H2,1-4H3,(H,85,86)(H,87,88)/b27-23-,30-26-,32-28-,36-33-,38-35-/t73-,74+,75+/m0/s1. The van der Waals surface area contributed by atoms with Crippen LogP contribution < -0.4 is 0 Å². The highest BCUT2D eigenvalue weighted by Crippen LogP contribution is 2.45. The van der Waals surface area contributed by atoms with E-state index < -0.39 is 97.5 Å². The van der Waals surface area contributed by atoms with Crippen LogP contribution >= 0.6 is 15.6 Å². The number of rotatable bonds is 75. The van der Waals surface area contributed by atoms with Crippen LogP contribution in [-0.2, 0) is 65.4 Å². The van der Waals surface area contributed by atoms with Gasteiger partial charge in [-0.3, -0.25) is 37.3 Å². The molecule has 0 aromatic heterocycles. The van der Waals surface area contributed by atoms with Gasteiger partial charge in [-0.2, -0.15) is 0 Å². The lowest BCUT2D eigenvalue weighted by atomic mass is 10.1. The molecule has 0 aromatic rings. The molecule has 0 aromatic carbocycles. The van der Waals surface area contributed by atoms with E-state index in [1.165, 1.54) is 109 Å². The summed E-state index contributed by atoms with van der Waals surface area (Å²) in [6.45, 7) is 4.84. The zero-order chi connectivity index (χ0) is 71.8. The Morgan fingerprint density at radius 3 is 0.796 bits per heavy atom. The van der Waals surface area contributed by atoms with Crippen molar-refractivity contribution in [3.05, 3.63) is 60.8 Å². The van der Waals surface area contributed by atoms with E-state index in [1.54, 1.807) is 0 Å². The first-order valence-corrected chi connectivity index (χ1v) is 42.5. The van der Waals surface area contributed by atoms with Crippen LogP contribution in [0.5, 0.6) is 0 Å². The molecule has 0 aliphatic rings. The normalized spacial score (nSPS) is 14.2. The molecule has 0 saturated carbocycles. The maximum atomic E-state index is 13.1. The van der Waals surface area contributed by atoms with Crippen LogP contribution in [0.25, 0.3) is 0 Å². The highest BCUT2D eigenvalue weighted by Gasteiger charge is 2.30. The Balaban J connectivity index is 5.35. The fraction of sp³-hybridized carbons (Fsp3) is 0.823. The van der Waals surface area contributed by atoms with Crippen LogP contribution in [0, 0.1) is 0 Å². The Labute approximate surface area is 597 Å². The Morgan fingerprint density at radius 2 is 0.500 bits per heavy atom. The third-order valence-corrected chi connectivity index (χ3v) is 18.8. The van der Waals surface area contributed by atoms with Crippen molar-refractivity contribution in [1.29, 1.82) is 0 Å². The minimum absolute atomic E-state index is 0.0809. The monoisotopic (exact) mass is 1430 g/mol. The zero-order valence-electron chi connectivity index (χ0n) is 62.5. The summed E-state index contributed by atoms with van der Waals surface area (Å²) in [5.74, 6) is -2.18. The first-order chi connectivity index (χ1) is 47.7. The van der Waals surface area contributed by atoms with Gasteiger partial charge in [-0.15, -0.1) is 0 Å². The number of esters is 4. The number of ether oxygens (including phenoxy) is 4. The summed E-state index contributed by atoms with van der Waals surface area (Å²) < 4.78 is 68.5. The van der Waals surface area contributed by atoms with Crippen LogP contribution in [0.15, 0.2) is 60.8 Å². The maximum Gasteiger partial charge on any atom is 0.472 e.